The number of hydrogen-bond donors (Lipinski definition) is 2. The highest BCUT2D eigenvalue weighted by atomic mass is 16.5. The van der Waals surface area contributed by atoms with Gasteiger partial charge in [-0.25, -0.2) is 0 Å². The maximum Gasteiger partial charge on any atom is 0.122 e. The fourth-order valence-electron chi connectivity index (χ4n) is 5.11. The van der Waals surface area contributed by atoms with Crippen LogP contribution >= 0.6 is 0 Å². The van der Waals surface area contributed by atoms with E-state index in [1.807, 2.05) is 18.2 Å². The summed E-state index contributed by atoms with van der Waals surface area (Å²) in [5, 5.41) is 14.9. The smallest absolute Gasteiger partial charge is 0.122 e. The van der Waals surface area contributed by atoms with E-state index in [9.17, 15) is 5.11 Å². The van der Waals surface area contributed by atoms with Crippen LogP contribution in [-0.4, -0.2) is 49.4 Å². The van der Waals surface area contributed by atoms with Gasteiger partial charge in [0.2, 0.25) is 0 Å². The molecule has 2 aromatic rings. The molecule has 0 unspecified atom stereocenters. The maximum absolute atomic E-state index is 11.4. The number of benzene rings is 2. The van der Waals surface area contributed by atoms with Gasteiger partial charge in [-0.1, -0.05) is 42.5 Å². The second-order valence-electron chi connectivity index (χ2n) is 8.33. The largest absolute Gasteiger partial charge is 0.493 e. The van der Waals surface area contributed by atoms with Gasteiger partial charge in [0.15, 0.2) is 0 Å². The highest BCUT2D eigenvalue weighted by Gasteiger charge is 2.52. The van der Waals surface area contributed by atoms with Gasteiger partial charge in [0.1, 0.15) is 5.75 Å². The molecule has 1 aliphatic carbocycles. The topological polar surface area (TPSA) is 44.7 Å². The van der Waals surface area contributed by atoms with Crippen LogP contribution in [0.1, 0.15) is 42.0 Å². The lowest BCUT2D eigenvalue weighted by atomic mass is 9.72. The van der Waals surface area contributed by atoms with Crippen molar-refractivity contribution in [2.45, 2.75) is 43.7 Å². The Morgan fingerprint density at radius 1 is 1.11 bits per heavy atom. The number of hydrogen-bond acceptors (Lipinski definition) is 4. The van der Waals surface area contributed by atoms with Crippen molar-refractivity contribution in [3.63, 3.8) is 0 Å². The average molecular weight is 381 g/mol. The van der Waals surface area contributed by atoms with Gasteiger partial charge >= 0.3 is 0 Å². The van der Waals surface area contributed by atoms with Gasteiger partial charge in [0.25, 0.3) is 0 Å². The Labute approximate surface area is 168 Å². The van der Waals surface area contributed by atoms with Crippen LogP contribution in [0, 0.1) is 6.92 Å². The van der Waals surface area contributed by atoms with Gasteiger partial charge in [-0.05, 0) is 69.1 Å². The fourth-order valence-corrected chi connectivity index (χ4v) is 5.11. The molecule has 4 rings (SSSR count). The number of piperidine rings is 1. The van der Waals surface area contributed by atoms with Gasteiger partial charge < -0.3 is 15.2 Å². The van der Waals surface area contributed by atoms with E-state index in [2.05, 4.69) is 54.5 Å². The van der Waals surface area contributed by atoms with Crippen molar-refractivity contribution in [3.8, 4) is 5.75 Å². The van der Waals surface area contributed by atoms with Gasteiger partial charge in [-0.15, -0.1) is 0 Å². The van der Waals surface area contributed by atoms with E-state index in [0.29, 0.717) is 6.61 Å². The van der Waals surface area contributed by atoms with Gasteiger partial charge in [-0.3, -0.25) is 4.90 Å². The number of fused-ring (bicyclic) bond motifs is 2. The number of aliphatic hydroxyl groups excluding tert-OH is 1. The molecule has 1 aliphatic heterocycles. The Morgan fingerprint density at radius 2 is 1.82 bits per heavy atom. The van der Waals surface area contributed by atoms with Crippen molar-refractivity contribution >= 4 is 0 Å². The molecule has 1 fully saturated rings. The summed E-state index contributed by atoms with van der Waals surface area (Å²) in [6.45, 7) is 5.62. The molecule has 4 heteroatoms. The Bertz CT molecular complexity index is 801. The third-order valence-electron chi connectivity index (χ3n) is 6.66. The van der Waals surface area contributed by atoms with Gasteiger partial charge in [0.05, 0.1) is 18.8 Å². The van der Waals surface area contributed by atoms with Crippen molar-refractivity contribution in [1.29, 1.82) is 0 Å². The molecule has 2 aliphatic rings. The molecule has 1 heterocycles. The Kier molecular flexibility index (Phi) is 5.72. The highest BCUT2D eigenvalue weighted by molar-refractivity contribution is 5.45. The van der Waals surface area contributed by atoms with E-state index < -0.39 is 0 Å². The van der Waals surface area contributed by atoms with Crippen LogP contribution in [0.3, 0.4) is 0 Å². The van der Waals surface area contributed by atoms with E-state index in [4.69, 9.17) is 4.74 Å². The number of rotatable bonds is 6. The van der Waals surface area contributed by atoms with E-state index in [-0.39, 0.29) is 17.6 Å². The number of aryl methyl sites for hydroxylation is 1. The van der Waals surface area contributed by atoms with Crippen molar-refractivity contribution in [2.24, 2.45) is 0 Å². The van der Waals surface area contributed by atoms with Crippen LogP contribution in [0.2, 0.25) is 0 Å². The number of aliphatic hydroxyl groups is 1. The number of nitrogens with zero attached hydrogens (tertiary/aromatic N) is 1. The normalized spacial score (nSPS) is 23.1. The van der Waals surface area contributed by atoms with E-state index >= 15 is 0 Å². The molecule has 2 N–H and O–H groups in total. The zero-order chi connectivity index (χ0) is 19.6. The van der Waals surface area contributed by atoms with Crippen LogP contribution < -0.4 is 10.1 Å². The first-order valence-electron chi connectivity index (χ1n) is 10.5. The van der Waals surface area contributed by atoms with Gasteiger partial charge in [-0.2, -0.15) is 0 Å². The Balaban J connectivity index is 1.42. The summed E-state index contributed by atoms with van der Waals surface area (Å²) in [5.41, 5.74) is 3.73. The molecule has 0 bridgehead atoms. The van der Waals surface area contributed by atoms with Crippen molar-refractivity contribution < 1.29 is 9.84 Å². The third-order valence-corrected chi connectivity index (χ3v) is 6.66. The van der Waals surface area contributed by atoms with Crippen molar-refractivity contribution in [1.82, 2.24) is 10.2 Å². The predicted octanol–water partition coefficient (Wildman–Crippen LogP) is 3.43. The SMILES string of the molecule is Cc1ccccc1OCCCN(C)[C@@H]1c2ccccc2C2(CCNCC2)[C@H]1O. The summed E-state index contributed by atoms with van der Waals surface area (Å²) in [6.07, 6.45) is 2.59. The summed E-state index contributed by atoms with van der Waals surface area (Å²) < 4.78 is 5.96. The fraction of sp³-hybridized carbons (Fsp3) is 0.500. The Hall–Kier alpha value is -1.88. The summed E-state index contributed by atoms with van der Waals surface area (Å²) in [6, 6.07) is 16.9. The van der Waals surface area contributed by atoms with Gasteiger partial charge in [0, 0.05) is 12.0 Å². The number of likely N-dealkylation sites (N-methyl/N-ethyl adjacent to an activating group) is 1. The van der Waals surface area contributed by atoms with Crippen molar-refractivity contribution in [2.75, 3.05) is 33.3 Å². The zero-order valence-corrected chi connectivity index (χ0v) is 17.0. The molecule has 150 valence electrons. The second-order valence-corrected chi connectivity index (χ2v) is 8.33. The molecule has 0 radical (unpaired) electrons. The predicted molar refractivity (Wildman–Crippen MR) is 113 cm³/mol. The minimum atomic E-state index is -0.353. The summed E-state index contributed by atoms with van der Waals surface area (Å²) >= 11 is 0. The van der Waals surface area contributed by atoms with Crippen LogP contribution in [0.4, 0.5) is 0 Å². The summed E-state index contributed by atoms with van der Waals surface area (Å²) in [5.74, 6) is 0.963. The molecule has 1 saturated heterocycles. The number of ether oxygens (including phenoxy) is 1. The molecule has 4 nitrogen and oxygen atoms in total. The minimum absolute atomic E-state index is 0.0627. The lowest BCUT2D eigenvalue weighted by Crippen LogP contribution is -2.48. The molecule has 1 spiro atoms. The lowest BCUT2D eigenvalue weighted by Gasteiger charge is -2.40. The zero-order valence-electron chi connectivity index (χ0n) is 17.0. The van der Waals surface area contributed by atoms with Crippen molar-refractivity contribution in [3.05, 3.63) is 65.2 Å². The van der Waals surface area contributed by atoms with E-state index in [0.717, 1.165) is 44.6 Å². The first-order chi connectivity index (χ1) is 13.6. The minimum Gasteiger partial charge on any atom is -0.493 e. The highest BCUT2D eigenvalue weighted by Crippen LogP contribution is 2.51. The monoisotopic (exact) mass is 380 g/mol. The Morgan fingerprint density at radius 3 is 2.61 bits per heavy atom. The molecule has 0 aromatic heterocycles. The quantitative estimate of drug-likeness (QED) is 0.754. The first-order valence-corrected chi connectivity index (χ1v) is 10.5. The average Bonchev–Trinajstić information content (AvgIpc) is 2.95. The first kappa shape index (κ1) is 19.4. The number of nitrogens with one attached hydrogen (secondary N) is 1. The molecule has 2 aromatic carbocycles. The molecule has 28 heavy (non-hydrogen) atoms. The van der Waals surface area contributed by atoms with Crippen LogP contribution in [0.15, 0.2) is 48.5 Å². The standard InChI is InChI=1S/C24H32N2O2/c1-18-8-3-6-11-21(18)28-17-7-16-26(2)22-19-9-4-5-10-20(19)24(23(22)27)12-14-25-15-13-24/h3-6,8-11,22-23,25,27H,7,12-17H2,1-2H3/t22-,23+/m1/s1. The third kappa shape index (κ3) is 3.45. The number of para-hydroxylation sites is 1. The lowest BCUT2D eigenvalue weighted by molar-refractivity contribution is 0.00550. The van der Waals surface area contributed by atoms with Crippen LogP contribution in [0.5, 0.6) is 5.75 Å². The second kappa shape index (κ2) is 8.24. The molecule has 0 saturated carbocycles. The molecular weight excluding hydrogens is 348 g/mol. The summed E-state index contributed by atoms with van der Waals surface area (Å²) in [4.78, 5) is 2.32. The van der Waals surface area contributed by atoms with Crippen LogP contribution in [0.25, 0.3) is 0 Å². The molecule has 2 atom stereocenters. The van der Waals surface area contributed by atoms with Crippen LogP contribution in [-0.2, 0) is 5.41 Å². The summed E-state index contributed by atoms with van der Waals surface area (Å²) in [7, 11) is 2.14. The maximum atomic E-state index is 11.4. The molecule has 0 amide bonds. The molecular formula is C24H32N2O2. The van der Waals surface area contributed by atoms with E-state index in [1.54, 1.807) is 0 Å². The van der Waals surface area contributed by atoms with E-state index in [1.165, 1.54) is 16.7 Å².